The lowest BCUT2D eigenvalue weighted by molar-refractivity contribution is -0.114. The molecule has 1 N–H and O–H groups in total. The average molecular weight is 512 g/mol. The number of para-hydroxylation sites is 1. The van der Waals surface area contributed by atoms with Gasteiger partial charge in [-0.3, -0.25) is 9.10 Å². The first-order valence-corrected chi connectivity index (χ1v) is 13.7. The molecule has 0 atom stereocenters. The molecule has 0 saturated carbocycles. The maximum absolute atomic E-state index is 13.7. The Balaban J connectivity index is 1.51. The highest BCUT2D eigenvalue weighted by Gasteiger charge is 2.28. The number of hydrogen-bond acceptors (Lipinski definition) is 3. The third kappa shape index (κ3) is 4.47. The van der Waals surface area contributed by atoms with Gasteiger partial charge >= 0.3 is 0 Å². The van der Waals surface area contributed by atoms with Crippen LogP contribution in [-0.2, 0) is 21.4 Å². The molecular weight excluding hydrogens is 482 g/mol. The van der Waals surface area contributed by atoms with Crippen molar-refractivity contribution in [2.45, 2.75) is 32.2 Å². The standard InChI is InChI=1S/C30H29N3O3S/c1-4-32-28-15-9-8-14-25(28)26-19-23(17-18-29(26)32)31-30(34)20-33(27-16-10-11-21(2)22(27)3)37(35,36)24-12-6-5-7-13-24/h5-19H,4,20H2,1-3H3,(H,31,34). The second kappa shape index (κ2) is 9.75. The summed E-state index contributed by atoms with van der Waals surface area (Å²) >= 11 is 0. The number of fused-ring (bicyclic) bond motifs is 3. The first-order valence-electron chi connectivity index (χ1n) is 12.3. The Hall–Kier alpha value is -4.10. The molecule has 0 aliphatic carbocycles. The molecule has 0 spiro atoms. The molecule has 0 radical (unpaired) electrons. The number of benzene rings is 4. The zero-order valence-corrected chi connectivity index (χ0v) is 21.9. The highest BCUT2D eigenvalue weighted by atomic mass is 32.2. The number of carbonyl (C=O) groups is 1. The molecule has 1 heterocycles. The Morgan fingerprint density at radius 3 is 2.30 bits per heavy atom. The quantitative estimate of drug-likeness (QED) is 0.280. The van der Waals surface area contributed by atoms with Crippen molar-refractivity contribution in [2.75, 3.05) is 16.2 Å². The Morgan fingerprint density at radius 1 is 0.838 bits per heavy atom. The maximum Gasteiger partial charge on any atom is 0.264 e. The van der Waals surface area contributed by atoms with Crippen molar-refractivity contribution in [3.8, 4) is 0 Å². The van der Waals surface area contributed by atoms with Gasteiger partial charge in [0, 0.05) is 34.0 Å². The molecule has 0 unspecified atom stereocenters. The van der Waals surface area contributed by atoms with Crippen molar-refractivity contribution in [1.29, 1.82) is 0 Å². The van der Waals surface area contributed by atoms with Crippen LogP contribution in [-0.4, -0.2) is 25.4 Å². The Labute approximate surface area is 217 Å². The van der Waals surface area contributed by atoms with Gasteiger partial charge in [0.2, 0.25) is 5.91 Å². The molecule has 37 heavy (non-hydrogen) atoms. The molecule has 7 heteroatoms. The molecule has 0 bridgehead atoms. The van der Waals surface area contributed by atoms with Crippen LogP contribution in [0.15, 0.2) is 95.9 Å². The largest absolute Gasteiger partial charge is 0.341 e. The molecule has 5 rings (SSSR count). The summed E-state index contributed by atoms with van der Waals surface area (Å²) in [6, 6.07) is 27.7. The SMILES string of the molecule is CCn1c2ccccc2c2cc(NC(=O)CN(c3cccc(C)c3C)S(=O)(=O)c3ccccc3)ccc21. The van der Waals surface area contributed by atoms with Gasteiger partial charge in [0.05, 0.1) is 10.6 Å². The molecule has 188 valence electrons. The van der Waals surface area contributed by atoms with E-state index in [1.54, 1.807) is 42.5 Å². The topological polar surface area (TPSA) is 71.4 Å². The second-order valence-electron chi connectivity index (χ2n) is 9.09. The molecule has 0 fully saturated rings. The van der Waals surface area contributed by atoms with E-state index in [0.29, 0.717) is 11.4 Å². The summed E-state index contributed by atoms with van der Waals surface area (Å²) in [5.74, 6) is -0.418. The smallest absolute Gasteiger partial charge is 0.264 e. The van der Waals surface area contributed by atoms with Crippen molar-refractivity contribution in [2.24, 2.45) is 0 Å². The number of carbonyl (C=O) groups excluding carboxylic acids is 1. The Kier molecular flexibility index (Phi) is 6.48. The van der Waals surface area contributed by atoms with Gasteiger partial charge in [0.1, 0.15) is 6.54 Å². The third-order valence-corrected chi connectivity index (χ3v) is 8.61. The van der Waals surface area contributed by atoms with Crippen LogP contribution in [0.5, 0.6) is 0 Å². The molecule has 6 nitrogen and oxygen atoms in total. The zero-order valence-electron chi connectivity index (χ0n) is 21.1. The summed E-state index contributed by atoms with van der Waals surface area (Å²) in [6.07, 6.45) is 0. The fourth-order valence-corrected chi connectivity index (χ4v) is 6.33. The van der Waals surface area contributed by atoms with E-state index < -0.39 is 15.9 Å². The lowest BCUT2D eigenvalue weighted by atomic mass is 10.1. The predicted octanol–water partition coefficient (Wildman–Crippen LogP) is 6.27. The summed E-state index contributed by atoms with van der Waals surface area (Å²) in [7, 11) is -3.98. The minimum atomic E-state index is -3.98. The fraction of sp³-hybridized carbons (Fsp3) is 0.167. The van der Waals surface area contributed by atoms with Crippen LogP contribution in [0.1, 0.15) is 18.1 Å². The van der Waals surface area contributed by atoms with Crippen molar-refractivity contribution >= 4 is 49.1 Å². The van der Waals surface area contributed by atoms with Crippen LogP contribution >= 0.6 is 0 Å². The molecule has 0 aliphatic rings. The number of nitrogens with one attached hydrogen (secondary N) is 1. The van der Waals surface area contributed by atoms with E-state index in [0.717, 1.165) is 39.5 Å². The van der Waals surface area contributed by atoms with E-state index in [2.05, 4.69) is 28.9 Å². The second-order valence-corrected chi connectivity index (χ2v) is 10.9. The minimum absolute atomic E-state index is 0.137. The molecular formula is C30H29N3O3S. The van der Waals surface area contributed by atoms with Crippen LogP contribution in [0, 0.1) is 13.8 Å². The lowest BCUT2D eigenvalue weighted by Gasteiger charge is -2.26. The van der Waals surface area contributed by atoms with Crippen LogP contribution in [0.3, 0.4) is 0 Å². The third-order valence-electron chi connectivity index (χ3n) is 6.84. The molecule has 0 saturated heterocycles. The van der Waals surface area contributed by atoms with Crippen molar-refractivity contribution in [1.82, 2.24) is 4.57 Å². The van der Waals surface area contributed by atoms with E-state index in [1.165, 1.54) is 4.31 Å². The summed E-state index contributed by atoms with van der Waals surface area (Å²) in [4.78, 5) is 13.4. The van der Waals surface area contributed by atoms with Gasteiger partial charge in [-0.2, -0.15) is 0 Å². The van der Waals surface area contributed by atoms with Crippen LogP contribution in [0.25, 0.3) is 21.8 Å². The Bertz CT molecular complexity index is 1720. The molecule has 4 aromatic carbocycles. The average Bonchev–Trinajstić information content (AvgIpc) is 3.22. The first kappa shape index (κ1) is 24.6. The van der Waals surface area contributed by atoms with Gasteiger partial charge in [-0.05, 0) is 74.4 Å². The number of sulfonamides is 1. The fourth-order valence-electron chi connectivity index (χ4n) is 4.83. The molecule has 1 amide bonds. The summed E-state index contributed by atoms with van der Waals surface area (Å²) in [6.45, 7) is 6.38. The summed E-state index contributed by atoms with van der Waals surface area (Å²) < 4.78 is 30.8. The molecule has 5 aromatic rings. The highest BCUT2D eigenvalue weighted by molar-refractivity contribution is 7.92. The van der Waals surface area contributed by atoms with Gasteiger partial charge in [-0.25, -0.2) is 8.42 Å². The van der Waals surface area contributed by atoms with Gasteiger partial charge in [0.15, 0.2) is 0 Å². The first-order chi connectivity index (χ1) is 17.8. The van der Waals surface area contributed by atoms with E-state index in [4.69, 9.17) is 0 Å². The minimum Gasteiger partial charge on any atom is -0.341 e. The molecule has 1 aromatic heterocycles. The number of aromatic nitrogens is 1. The van der Waals surface area contributed by atoms with E-state index in [-0.39, 0.29) is 11.4 Å². The highest BCUT2D eigenvalue weighted by Crippen LogP contribution is 2.32. The number of amides is 1. The number of aryl methyl sites for hydroxylation is 2. The number of nitrogens with zero attached hydrogens (tertiary/aromatic N) is 2. The van der Waals surface area contributed by atoms with E-state index >= 15 is 0 Å². The van der Waals surface area contributed by atoms with Crippen molar-refractivity contribution in [3.63, 3.8) is 0 Å². The van der Waals surface area contributed by atoms with Crippen molar-refractivity contribution < 1.29 is 13.2 Å². The normalized spacial score (nSPS) is 11.6. The van der Waals surface area contributed by atoms with Gasteiger partial charge in [0.25, 0.3) is 10.0 Å². The molecule has 0 aliphatic heterocycles. The lowest BCUT2D eigenvalue weighted by Crippen LogP contribution is -2.38. The summed E-state index contributed by atoms with van der Waals surface area (Å²) in [5, 5.41) is 5.08. The van der Waals surface area contributed by atoms with Gasteiger partial charge in [-0.15, -0.1) is 0 Å². The van der Waals surface area contributed by atoms with Crippen LogP contribution in [0.2, 0.25) is 0 Å². The van der Waals surface area contributed by atoms with E-state index in [9.17, 15) is 13.2 Å². The zero-order chi connectivity index (χ0) is 26.2. The van der Waals surface area contributed by atoms with Gasteiger partial charge in [-0.1, -0.05) is 48.5 Å². The van der Waals surface area contributed by atoms with Gasteiger partial charge < -0.3 is 9.88 Å². The Morgan fingerprint density at radius 2 is 1.54 bits per heavy atom. The van der Waals surface area contributed by atoms with Crippen molar-refractivity contribution in [3.05, 3.63) is 102 Å². The van der Waals surface area contributed by atoms with Crippen LogP contribution in [0.4, 0.5) is 11.4 Å². The number of anilines is 2. The van der Waals surface area contributed by atoms with E-state index in [1.807, 2.05) is 50.2 Å². The summed E-state index contributed by atoms with van der Waals surface area (Å²) in [5.41, 5.74) is 5.09. The predicted molar refractivity (Wildman–Crippen MR) is 151 cm³/mol. The number of rotatable bonds is 7. The van der Waals surface area contributed by atoms with Crippen LogP contribution < -0.4 is 9.62 Å². The monoisotopic (exact) mass is 511 g/mol. The maximum atomic E-state index is 13.7. The number of hydrogen-bond donors (Lipinski definition) is 1.